The highest BCUT2D eigenvalue weighted by molar-refractivity contribution is 7.27. The second-order valence-corrected chi connectivity index (χ2v) is 1.48. The van der Waals surface area contributed by atoms with Gasteiger partial charge in [-0.3, -0.25) is 0 Å². The Morgan fingerprint density at radius 2 is 2.80 bits per heavy atom. The van der Waals surface area contributed by atoms with E-state index >= 15 is 0 Å². The lowest BCUT2D eigenvalue weighted by Gasteiger charge is -1.46. The van der Waals surface area contributed by atoms with Crippen LogP contribution in [0.4, 0.5) is 0 Å². The van der Waals surface area contributed by atoms with Gasteiger partial charge in [0.1, 0.15) is 0 Å². The largest absolute Gasteiger partial charge is 0.356 e. The van der Waals surface area contributed by atoms with Crippen molar-refractivity contribution in [2.75, 3.05) is 0 Å². The van der Waals surface area contributed by atoms with Crippen LogP contribution in [0.3, 0.4) is 0 Å². The molecule has 0 aliphatic carbocycles. The van der Waals surface area contributed by atoms with Gasteiger partial charge in [-0.1, -0.05) is 0 Å². The third kappa shape index (κ3) is 0.489. The van der Waals surface area contributed by atoms with E-state index in [4.69, 9.17) is 0 Å². The fourth-order valence-corrected chi connectivity index (χ4v) is 0.559. The standard InChI is InChI=1S/C3H3NP/c1-2-5-3-4-1/h1-2,4H. The van der Waals surface area contributed by atoms with Crippen LogP contribution in [0.5, 0.6) is 0 Å². The Hall–Kier alpha value is -0.290. The third-order valence-corrected chi connectivity index (χ3v) is 0.918. The lowest BCUT2D eigenvalue weighted by atomic mass is 11.0. The summed E-state index contributed by atoms with van der Waals surface area (Å²) in [7, 11) is 1.15. The highest BCUT2D eigenvalue weighted by Crippen LogP contribution is 1.94. The van der Waals surface area contributed by atoms with E-state index in [9.17, 15) is 0 Å². The Bertz CT molecular complexity index is 63.4. The molecule has 1 nitrogen and oxygen atoms in total. The zero-order valence-corrected chi connectivity index (χ0v) is 3.50. The summed E-state index contributed by atoms with van der Waals surface area (Å²) in [5, 5.41) is 0. The van der Waals surface area contributed by atoms with E-state index < -0.39 is 0 Å². The molecule has 0 aliphatic heterocycles. The van der Waals surface area contributed by atoms with Crippen LogP contribution in [0.2, 0.25) is 0 Å². The normalized spacial score (nSPS) is 9.60. The third-order valence-electron chi connectivity index (χ3n) is 0.362. The molecular formula is C3H3NP. The second-order valence-electron chi connectivity index (χ2n) is 0.701. The molecule has 1 aromatic rings. The van der Waals surface area contributed by atoms with Crippen LogP contribution in [0, 0.1) is 5.93 Å². The molecule has 1 rings (SSSR count). The van der Waals surface area contributed by atoms with Crippen LogP contribution in [-0.2, 0) is 0 Å². The van der Waals surface area contributed by atoms with Gasteiger partial charge in [0.05, 0.1) is 5.93 Å². The van der Waals surface area contributed by atoms with Crippen LogP contribution in [0.1, 0.15) is 0 Å². The first-order chi connectivity index (χ1) is 2.50. The van der Waals surface area contributed by atoms with E-state index in [1.807, 2.05) is 12.0 Å². The number of H-pyrrole nitrogens is 1. The SMILES string of the molecule is [c]1[nH]ccp1. The maximum Gasteiger partial charge on any atom is 0.0942 e. The topological polar surface area (TPSA) is 15.8 Å². The minimum atomic E-state index is 1.15. The molecule has 25 valence electrons. The number of aromatic nitrogens is 1. The smallest absolute Gasteiger partial charge is 0.0942 e. The monoisotopic (exact) mass is 84.0 g/mol. The molecule has 0 atom stereocenters. The van der Waals surface area contributed by atoms with E-state index in [0.717, 1.165) is 8.19 Å². The van der Waals surface area contributed by atoms with Crippen LogP contribution in [0.15, 0.2) is 12.0 Å². The van der Waals surface area contributed by atoms with Gasteiger partial charge in [-0.25, -0.2) is 0 Å². The van der Waals surface area contributed by atoms with Gasteiger partial charge in [0.25, 0.3) is 0 Å². The van der Waals surface area contributed by atoms with Crippen molar-refractivity contribution in [3.8, 4) is 0 Å². The zero-order chi connectivity index (χ0) is 3.54. The predicted octanol–water partition coefficient (Wildman–Crippen LogP) is 1.39. The first kappa shape index (κ1) is 2.92. The Labute approximate surface area is 32.1 Å². The molecule has 1 radical (unpaired) electrons. The molecule has 0 saturated carbocycles. The van der Waals surface area contributed by atoms with Crippen molar-refractivity contribution in [3.05, 3.63) is 17.9 Å². The molecule has 0 unspecified atom stereocenters. The highest BCUT2D eigenvalue weighted by atomic mass is 31.0. The molecule has 0 fully saturated rings. The van der Waals surface area contributed by atoms with Crippen molar-refractivity contribution in [2.24, 2.45) is 0 Å². The number of hydrogen-bond acceptors (Lipinski definition) is 0. The van der Waals surface area contributed by atoms with Crippen molar-refractivity contribution < 1.29 is 0 Å². The van der Waals surface area contributed by atoms with Gasteiger partial charge >= 0.3 is 0 Å². The summed E-state index contributed by atoms with van der Waals surface area (Å²) in [5.74, 6) is 4.82. The van der Waals surface area contributed by atoms with Crippen molar-refractivity contribution in [2.45, 2.75) is 0 Å². The molecule has 1 N–H and O–H groups in total. The molecular weight excluding hydrogens is 81.0 g/mol. The van der Waals surface area contributed by atoms with Crippen LogP contribution in [-0.4, -0.2) is 4.98 Å². The summed E-state index contributed by atoms with van der Waals surface area (Å²) >= 11 is 0. The number of nitrogens with one attached hydrogen (secondary N) is 1. The minimum Gasteiger partial charge on any atom is -0.356 e. The number of rotatable bonds is 0. The van der Waals surface area contributed by atoms with Gasteiger partial charge in [-0.15, -0.1) is 0 Å². The van der Waals surface area contributed by atoms with Crippen LogP contribution < -0.4 is 0 Å². The Morgan fingerprint density at radius 3 is 3.00 bits per heavy atom. The summed E-state index contributed by atoms with van der Waals surface area (Å²) in [6.45, 7) is 0. The van der Waals surface area contributed by atoms with Gasteiger partial charge in [0.2, 0.25) is 0 Å². The summed E-state index contributed by atoms with van der Waals surface area (Å²) in [4.78, 5) is 2.78. The average molecular weight is 84.0 g/mol. The van der Waals surface area contributed by atoms with Gasteiger partial charge in [-0.05, 0) is 14.0 Å². The first-order valence-corrected chi connectivity index (χ1v) is 2.32. The van der Waals surface area contributed by atoms with E-state index in [-0.39, 0.29) is 0 Å². The van der Waals surface area contributed by atoms with Gasteiger partial charge in [0, 0.05) is 6.20 Å². The van der Waals surface area contributed by atoms with Crippen LogP contribution >= 0.6 is 8.19 Å². The molecule has 2 heteroatoms. The average Bonchev–Trinajstić information content (AvgIpc) is 1.76. The Balaban J connectivity index is 3.13. The molecule has 0 spiro atoms. The van der Waals surface area contributed by atoms with Crippen molar-refractivity contribution in [3.63, 3.8) is 0 Å². The molecule has 1 heterocycles. The maximum absolute atomic E-state index is 2.83. The van der Waals surface area contributed by atoms with E-state index in [1.165, 1.54) is 0 Å². The quantitative estimate of drug-likeness (QED) is 0.489. The number of aromatic amines is 1. The molecule has 0 aliphatic rings. The zero-order valence-electron chi connectivity index (χ0n) is 2.60. The van der Waals surface area contributed by atoms with E-state index in [1.54, 1.807) is 0 Å². The highest BCUT2D eigenvalue weighted by Gasteiger charge is 1.58. The number of hydrogen-bond donors (Lipinski definition) is 1. The summed E-state index contributed by atoms with van der Waals surface area (Å²) < 4.78 is 0. The molecule has 1 aromatic heterocycles. The molecule has 0 saturated heterocycles. The first-order valence-electron chi connectivity index (χ1n) is 1.35. The minimum absolute atomic E-state index is 1.15. The summed E-state index contributed by atoms with van der Waals surface area (Å²) in [6.07, 6.45) is 1.86. The van der Waals surface area contributed by atoms with E-state index in [0.29, 0.717) is 0 Å². The van der Waals surface area contributed by atoms with Crippen molar-refractivity contribution in [1.29, 1.82) is 0 Å². The van der Waals surface area contributed by atoms with Crippen molar-refractivity contribution >= 4 is 8.19 Å². The fourth-order valence-electron chi connectivity index (χ4n) is 0.186. The summed E-state index contributed by atoms with van der Waals surface area (Å²) in [6, 6.07) is 0. The van der Waals surface area contributed by atoms with Crippen molar-refractivity contribution in [1.82, 2.24) is 4.98 Å². The molecule has 0 bridgehead atoms. The van der Waals surface area contributed by atoms with Crippen LogP contribution in [0.25, 0.3) is 0 Å². The fraction of sp³-hybridized carbons (Fsp3) is 0. The maximum atomic E-state index is 2.83. The second kappa shape index (κ2) is 1.23. The summed E-state index contributed by atoms with van der Waals surface area (Å²) in [5.41, 5.74) is 0. The predicted molar refractivity (Wildman–Crippen MR) is 22.1 cm³/mol. The van der Waals surface area contributed by atoms with E-state index in [2.05, 4.69) is 10.9 Å². The molecule has 0 aromatic carbocycles. The van der Waals surface area contributed by atoms with Gasteiger partial charge in [0.15, 0.2) is 0 Å². The lowest BCUT2D eigenvalue weighted by molar-refractivity contribution is 1.41. The molecule has 5 heavy (non-hydrogen) atoms. The van der Waals surface area contributed by atoms with Gasteiger partial charge in [-0.2, -0.15) is 0 Å². The lowest BCUT2D eigenvalue weighted by Crippen LogP contribution is -1.39. The van der Waals surface area contributed by atoms with Gasteiger partial charge < -0.3 is 4.98 Å². The Morgan fingerprint density at radius 1 is 1.80 bits per heavy atom. The Kier molecular flexibility index (Phi) is 0.718. The molecule has 0 amide bonds.